The van der Waals surface area contributed by atoms with Crippen LogP contribution in [0.5, 0.6) is 0 Å². The Bertz CT molecular complexity index is 511. The topological polar surface area (TPSA) is 23.5 Å². The van der Waals surface area contributed by atoms with Crippen LogP contribution in [-0.2, 0) is 0 Å². The molecule has 0 saturated carbocycles. The molecule has 1 N–H and O–H groups in total. The molecule has 0 amide bonds. The zero-order chi connectivity index (χ0) is 16.5. The number of nitrogens with zero attached hydrogens (tertiary/aromatic N) is 1. The van der Waals surface area contributed by atoms with Crippen molar-refractivity contribution in [1.29, 1.82) is 0 Å². The minimum absolute atomic E-state index is 0.949. The molecular formula is C20H29NOP+. The first-order chi connectivity index (χ1) is 11.2. The van der Waals surface area contributed by atoms with E-state index in [2.05, 4.69) is 42.8 Å². The van der Waals surface area contributed by atoms with Crippen LogP contribution in [0, 0.1) is 0 Å². The fourth-order valence-electron chi connectivity index (χ4n) is 2.83. The Hall–Kier alpha value is -1.21. The summed E-state index contributed by atoms with van der Waals surface area (Å²) in [5.41, 5.74) is 0. The predicted octanol–water partition coefficient (Wildman–Crippen LogP) is 4.38. The minimum Gasteiger partial charge on any atom is -0.221 e. The maximum atomic E-state index is 11.9. The highest BCUT2D eigenvalue weighted by Crippen LogP contribution is 2.55. The highest BCUT2D eigenvalue weighted by molar-refractivity contribution is 7.82. The van der Waals surface area contributed by atoms with Gasteiger partial charge in [0.2, 0.25) is 0 Å². The second kappa shape index (κ2) is 9.17. The summed E-state index contributed by atoms with van der Waals surface area (Å²) in [6.07, 6.45) is 4.52. The van der Waals surface area contributed by atoms with Crippen LogP contribution < -0.4 is 10.6 Å². The van der Waals surface area contributed by atoms with Gasteiger partial charge in [0.15, 0.2) is 0 Å². The van der Waals surface area contributed by atoms with Gasteiger partial charge in [-0.05, 0) is 37.1 Å². The molecule has 0 spiro atoms. The van der Waals surface area contributed by atoms with E-state index in [0.717, 1.165) is 49.4 Å². The van der Waals surface area contributed by atoms with Gasteiger partial charge in [-0.15, -0.1) is 4.67 Å². The smallest absolute Gasteiger partial charge is 0.221 e. The third kappa shape index (κ3) is 4.41. The lowest BCUT2D eigenvalue weighted by Gasteiger charge is -2.31. The normalized spacial score (nSPS) is 11.8. The summed E-state index contributed by atoms with van der Waals surface area (Å²) in [5, 5.41) is 2.11. The van der Waals surface area contributed by atoms with Crippen molar-refractivity contribution < 1.29 is 4.89 Å². The lowest BCUT2D eigenvalue weighted by molar-refractivity contribution is 0.388. The zero-order valence-electron chi connectivity index (χ0n) is 14.4. The summed E-state index contributed by atoms with van der Waals surface area (Å²) >= 11 is 0. The molecule has 2 nitrogen and oxygen atoms in total. The van der Waals surface area contributed by atoms with Crippen molar-refractivity contribution in [3.05, 3.63) is 60.7 Å². The van der Waals surface area contributed by atoms with Crippen LogP contribution >= 0.6 is 7.64 Å². The fraction of sp³-hybridized carbons (Fsp3) is 0.400. The summed E-state index contributed by atoms with van der Waals surface area (Å²) in [4.78, 5) is 11.9. The lowest BCUT2D eigenvalue weighted by atomic mass is 10.3. The summed E-state index contributed by atoms with van der Waals surface area (Å²) in [6.45, 7) is 6.32. The quantitative estimate of drug-likeness (QED) is 0.690. The average molecular weight is 330 g/mol. The van der Waals surface area contributed by atoms with Gasteiger partial charge in [0.05, 0.1) is 0 Å². The molecule has 0 unspecified atom stereocenters. The summed E-state index contributed by atoms with van der Waals surface area (Å²) < 4.78 is 2.35. The Morgan fingerprint density at radius 3 is 1.48 bits per heavy atom. The van der Waals surface area contributed by atoms with Crippen LogP contribution in [0.2, 0.25) is 0 Å². The molecule has 0 aliphatic rings. The third-order valence-electron chi connectivity index (χ3n) is 4.18. The highest BCUT2D eigenvalue weighted by atomic mass is 31.2. The van der Waals surface area contributed by atoms with Crippen LogP contribution in [0.15, 0.2) is 60.7 Å². The van der Waals surface area contributed by atoms with Gasteiger partial charge in [-0.3, -0.25) is 0 Å². The van der Waals surface area contributed by atoms with E-state index < -0.39 is 7.64 Å². The SMILES string of the molecule is CCCCN(CCCC)[P+](O)(c1ccccc1)c1ccccc1. The molecule has 0 heterocycles. The molecule has 0 fully saturated rings. The van der Waals surface area contributed by atoms with Crippen molar-refractivity contribution in [3.8, 4) is 0 Å². The maximum absolute atomic E-state index is 11.9. The molecule has 0 saturated heterocycles. The highest BCUT2D eigenvalue weighted by Gasteiger charge is 2.47. The van der Waals surface area contributed by atoms with E-state index in [-0.39, 0.29) is 0 Å². The monoisotopic (exact) mass is 330 g/mol. The van der Waals surface area contributed by atoms with Crippen molar-refractivity contribution in [1.82, 2.24) is 4.67 Å². The number of rotatable bonds is 9. The van der Waals surface area contributed by atoms with Crippen LogP contribution in [0.1, 0.15) is 39.5 Å². The second-order valence-electron chi connectivity index (χ2n) is 5.93. The van der Waals surface area contributed by atoms with Gasteiger partial charge in [-0.25, -0.2) is 4.89 Å². The first-order valence-electron chi connectivity index (χ1n) is 8.72. The van der Waals surface area contributed by atoms with Gasteiger partial charge in [0.1, 0.15) is 10.6 Å². The van der Waals surface area contributed by atoms with Crippen LogP contribution in [0.3, 0.4) is 0 Å². The molecule has 0 aromatic heterocycles. The van der Waals surface area contributed by atoms with Crippen molar-refractivity contribution in [2.24, 2.45) is 0 Å². The van der Waals surface area contributed by atoms with Crippen molar-refractivity contribution >= 4 is 18.2 Å². The second-order valence-corrected chi connectivity index (χ2v) is 8.73. The molecule has 23 heavy (non-hydrogen) atoms. The number of benzene rings is 2. The van der Waals surface area contributed by atoms with E-state index in [9.17, 15) is 4.89 Å². The summed E-state index contributed by atoms with van der Waals surface area (Å²) in [6, 6.07) is 20.4. The summed E-state index contributed by atoms with van der Waals surface area (Å²) in [5.74, 6) is 0. The minimum atomic E-state index is -2.51. The standard InChI is InChI=1S/C20H29NOP/c1-3-5-17-21(18-6-4-2)23(22,19-13-9-7-10-14-19)20-15-11-8-12-16-20/h7-16,22H,3-6,17-18H2,1-2H3/q+1. The zero-order valence-corrected chi connectivity index (χ0v) is 15.3. The van der Waals surface area contributed by atoms with E-state index in [1.807, 2.05) is 36.4 Å². The Balaban J connectivity index is 2.46. The number of hydrogen-bond donors (Lipinski definition) is 1. The Labute approximate surface area is 141 Å². The van der Waals surface area contributed by atoms with Gasteiger partial charge in [0, 0.05) is 13.1 Å². The van der Waals surface area contributed by atoms with E-state index in [0.29, 0.717) is 0 Å². The van der Waals surface area contributed by atoms with Gasteiger partial charge in [-0.1, -0.05) is 63.1 Å². The van der Waals surface area contributed by atoms with E-state index in [4.69, 9.17) is 0 Å². The average Bonchev–Trinajstić information content (AvgIpc) is 2.62. The Kier molecular flexibility index (Phi) is 7.23. The molecular weight excluding hydrogens is 301 g/mol. The fourth-order valence-corrected chi connectivity index (χ4v) is 5.82. The molecule has 0 atom stereocenters. The lowest BCUT2D eigenvalue weighted by Crippen LogP contribution is -2.38. The van der Waals surface area contributed by atoms with Gasteiger partial charge in [0.25, 0.3) is 7.64 Å². The molecule has 3 heteroatoms. The molecule has 2 aromatic carbocycles. The molecule has 0 radical (unpaired) electrons. The summed E-state index contributed by atoms with van der Waals surface area (Å²) in [7, 11) is -2.51. The van der Waals surface area contributed by atoms with Gasteiger partial charge >= 0.3 is 0 Å². The first-order valence-corrected chi connectivity index (χ1v) is 10.4. The molecule has 124 valence electrons. The first kappa shape index (κ1) is 18.1. The third-order valence-corrected chi connectivity index (χ3v) is 7.44. The van der Waals surface area contributed by atoms with Gasteiger partial charge < -0.3 is 0 Å². The maximum Gasteiger partial charge on any atom is 0.277 e. The molecule has 0 aliphatic carbocycles. The molecule has 2 rings (SSSR count). The largest absolute Gasteiger partial charge is 0.277 e. The number of hydrogen-bond acceptors (Lipinski definition) is 2. The van der Waals surface area contributed by atoms with Crippen LogP contribution in [0.25, 0.3) is 0 Å². The Morgan fingerprint density at radius 2 is 1.13 bits per heavy atom. The van der Waals surface area contributed by atoms with Crippen LogP contribution in [-0.4, -0.2) is 22.7 Å². The van der Waals surface area contributed by atoms with Gasteiger partial charge in [-0.2, -0.15) is 0 Å². The molecule has 0 bridgehead atoms. The number of unbranched alkanes of at least 4 members (excludes halogenated alkanes) is 2. The van der Waals surface area contributed by atoms with E-state index in [1.54, 1.807) is 0 Å². The van der Waals surface area contributed by atoms with Crippen molar-refractivity contribution in [2.75, 3.05) is 13.1 Å². The predicted molar refractivity (Wildman–Crippen MR) is 103 cm³/mol. The van der Waals surface area contributed by atoms with Crippen molar-refractivity contribution in [2.45, 2.75) is 39.5 Å². The van der Waals surface area contributed by atoms with Crippen LogP contribution in [0.4, 0.5) is 0 Å². The Morgan fingerprint density at radius 1 is 0.739 bits per heavy atom. The molecule has 0 aliphatic heterocycles. The van der Waals surface area contributed by atoms with E-state index in [1.165, 1.54) is 0 Å². The van der Waals surface area contributed by atoms with Crippen molar-refractivity contribution in [3.63, 3.8) is 0 Å². The van der Waals surface area contributed by atoms with E-state index >= 15 is 0 Å². The molecule has 2 aromatic rings.